The quantitative estimate of drug-likeness (QED) is 0.616. The highest BCUT2D eigenvalue weighted by Crippen LogP contribution is 2.36. The number of nitrogens with zero attached hydrogens (tertiary/aromatic N) is 1. The lowest BCUT2D eigenvalue weighted by atomic mass is 9.84. The Kier molecular flexibility index (Phi) is 5.00. The van der Waals surface area contributed by atoms with Gasteiger partial charge in [0.25, 0.3) is 11.8 Å². The summed E-state index contributed by atoms with van der Waals surface area (Å²) >= 11 is 1.54. The summed E-state index contributed by atoms with van der Waals surface area (Å²) in [5, 5.41) is 7.44. The van der Waals surface area contributed by atoms with Crippen LogP contribution in [0.1, 0.15) is 45.7 Å². The van der Waals surface area contributed by atoms with Crippen LogP contribution in [0.4, 0.5) is 0 Å². The van der Waals surface area contributed by atoms with Gasteiger partial charge < -0.3 is 15.5 Å². The zero-order valence-electron chi connectivity index (χ0n) is 18.0. The fourth-order valence-electron chi connectivity index (χ4n) is 5.09. The average molecular weight is 446 g/mol. The molecule has 1 saturated carbocycles. The third kappa shape index (κ3) is 3.82. The minimum atomic E-state index is -0.00899. The van der Waals surface area contributed by atoms with Crippen LogP contribution < -0.4 is 10.6 Å². The Labute approximate surface area is 191 Å². The summed E-state index contributed by atoms with van der Waals surface area (Å²) in [6.45, 7) is 3.31. The maximum Gasteiger partial charge on any atom is 0.261 e. The number of carbonyl (C=O) groups excluding carboxylic acids is 2. The molecule has 4 heterocycles. The third-order valence-corrected chi connectivity index (χ3v) is 8.27. The van der Waals surface area contributed by atoms with Crippen LogP contribution in [-0.2, 0) is 0 Å². The first-order chi connectivity index (χ1) is 15.6. The molecule has 4 fully saturated rings. The first kappa shape index (κ1) is 19.9. The van der Waals surface area contributed by atoms with Crippen LogP contribution >= 0.6 is 11.3 Å². The number of nitrogens with one attached hydrogen (secondary N) is 2. The minimum Gasteiger partial charge on any atom is -0.349 e. The topological polar surface area (TPSA) is 61.4 Å². The first-order valence-corrected chi connectivity index (χ1v) is 12.4. The van der Waals surface area contributed by atoms with Crippen LogP contribution in [-0.4, -0.2) is 48.4 Å². The monoisotopic (exact) mass is 445 g/mol. The number of benzene rings is 2. The zero-order valence-corrected chi connectivity index (χ0v) is 18.8. The zero-order chi connectivity index (χ0) is 21.7. The second-order valence-corrected chi connectivity index (χ2v) is 10.4. The molecule has 3 aromatic rings. The van der Waals surface area contributed by atoms with Crippen molar-refractivity contribution in [1.29, 1.82) is 0 Å². The lowest BCUT2D eigenvalue weighted by molar-refractivity contribution is 0.0622. The maximum atomic E-state index is 13.1. The molecule has 32 heavy (non-hydrogen) atoms. The van der Waals surface area contributed by atoms with E-state index in [4.69, 9.17) is 0 Å². The number of rotatable bonds is 5. The van der Waals surface area contributed by atoms with Gasteiger partial charge in [0, 0.05) is 28.9 Å². The number of carbonyl (C=O) groups is 2. The van der Waals surface area contributed by atoms with E-state index in [2.05, 4.69) is 27.7 Å². The summed E-state index contributed by atoms with van der Waals surface area (Å²) in [4.78, 5) is 28.8. The number of fused-ring (bicyclic) bond motifs is 4. The smallest absolute Gasteiger partial charge is 0.261 e. The highest BCUT2D eigenvalue weighted by molar-refractivity contribution is 7.21. The van der Waals surface area contributed by atoms with Gasteiger partial charge in [0.05, 0.1) is 4.88 Å². The molecule has 1 aromatic heterocycles. The molecule has 2 aromatic carbocycles. The molecule has 1 atom stereocenters. The Balaban J connectivity index is 1.27. The van der Waals surface area contributed by atoms with E-state index in [-0.39, 0.29) is 17.9 Å². The van der Waals surface area contributed by atoms with Gasteiger partial charge in [-0.1, -0.05) is 30.3 Å². The Morgan fingerprint density at radius 1 is 0.906 bits per heavy atom. The van der Waals surface area contributed by atoms with Crippen LogP contribution in [0.5, 0.6) is 0 Å². The van der Waals surface area contributed by atoms with Crippen molar-refractivity contribution < 1.29 is 9.59 Å². The lowest BCUT2D eigenvalue weighted by Crippen LogP contribution is -2.57. The van der Waals surface area contributed by atoms with E-state index < -0.39 is 0 Å². The molecule has 4 aliphatic rings. The summed E-state index contributed by atoms with van der Waals surface area (Å²) < 4.78 is 1.09. The third-order valence-electron chi connectivity index (χ3n) is 7.09. The van der Waals surface area contributed by atoms with E-state index in [1.807, 2.05) is 36.4 Å². The van der Waals surface area contributed by atoms with Crippen LogP contribution in [0.2, 0.25) is 0 Å². The largest absolute Gasteiger partial charge is 0.349 e. The van der Waals surface area contributed by atoms with Crippen molar-refractivity contribution in [3.05, 3.63) is 59.0 Å². The van der Waals surface area contributed by atoms with E-state index in [0.29, 0.717) is 17.5 Å². The molecule has 5 nitrogen and oxygen atoms in total. The molecule has 6 heteroatoms. The van der Waals surface area contributed by atoms with Crippen LogP contribution in [0.25, 0.3) is 21.2 Å². The van der Waals surface area contributed by atoms with Gasteiger partial charge in [-0.2, -0.15) is 0 Å². The van der Waals surface area contributed by atoms with Gasteiger partial charge in [-0.05, 0) is 79.4 Å². The van der Waals surface area contributed by atoms with E-state index in [0.717, 1.165) is 45.5 Å². The highest BCUT2D eigenvalue weighted by Gasteiger charge is 2.35. The van der Waals surface area contributed by atoms with Gasteiger partial charge >= 0.3 is 0 Å². The summed E-state index contributed by atoms with van der Waals surface area (Å²) in [5.74, 6) is 0.636. The molecule has 7 rings (SSSR count). The second kappa shape index (κ2) is 8.01. The number of amides is 2. The van der Waals surface area contributed by atoms with Gasteiger partial charge in [0.1, 0.15) is 0 Å². The fourth-order valence-corrected chi connectivity index (χ4v) is 6.19. The molecule has 2 amide bonds. The summed E-state index contributed by atoms with van der Waals surface area (Å²) in [5.41, 5.74) is 2.75. The highest BCUT2D eigenvalue weighted by atomic mass is 32.1. The van der Waals surface area contributed by atoms with Crippen molar-refractivity contribution in [2.75, 3.05) is 19.6 Å². The number of piperidine rings is 3. The van der Waals surface area contributed by atoms with E-state index in [1.165, 1.54) is 25.9 Å². The van der Waals surface area contributed by atoms with Gasteiger partial charge in [-0.3, -0.25) is 9.59 Å². The Hall–Kier alpha value is -2.70. The summed E-state index contributed by atoms with van der Waals surface area (Å²) in [6, 6.07) is 16.6. The first-order valence-electron chi connectivity index (χ1n) is 11.6. The number of hydrogen-bond donors (Lipinski definition) is 2. The van der Waals surface area contributed by atoms with E-state index in [9.17, 15) is 9.59 Å². The number of hydrogen-bond acceptors (Lipinski definition) is 4. The predicted molar refractivity (Wildman–Crippen MR) is 128 cm³/mol. The van der Waals surface area contributed by atoms with Crippen LogP contribution in [0, 0.1) is 5.92 Å². The molecular weight excluding hydrogens is 418 g/mol. The van der Waals surface area contributed by atoms with Gasteiger partial charge in [0.2, 0.25) is 0 Å². The molecule has 1 aliphatic carbocycles. The summed E-state index contributed by atoms with van der Waals surface area (Å²) in [6.07, 6.45) is 4.52. The molecular formula is C26H27N3O2S. The van der Waals surface area contributed by atoms with Gasteiger partial charge in [0.15, 0.2) is 0 Å². The minimum absolute atomic E-state index is 0.00899. The molecule has 3 aliphatic heterocycles. The van der Waals surface area contributed by atoms with E-state index >= 15 is 0 Å². The Morgan fingerprint density at radius 3 is 2.47 bits per heavy atom. The van der Waals surface area contributed by atoms with Crippen molar-refractivity contribution in [1.82, 2.24) is 15.5 Å². The van der Waals surface area contributed by atoms with Gasteiger partial charge in [-0.25, -0.2) is 0 Å². The van der Waals surface area contributed by atoms with Crippen molar-refractivity contribution >= 4 is 33.2 Å². The normalized spacial score (nSPS) is 24.4. The number of thiophene rings is 1. The average Bonchev–Trinajstić information content (AvgIpc) is 3.53. The van der Waals surface area contributed by atoms with Crippen molar-refractivity contribution in [3.63, 3.8) is 0 Å². The molecule has 0 spiro atoms. The molecule has 0 radical (unpaired) electrons. The standard InChI is InChI=1S/C26H27N3O2S/c30-25(27-20-7-8-20)19-5-1-3-17(13-19)21-6-2-4-18-14-23(32-24(18)21)26(31)28-22-15-29-11-9-16(22)10-12-29/h1-6,13-14,16,20,22H,7-12,15H2,(H,27,30)(H,28,31)/t22-/m0/s1. The fraction of sp³-hybridized carbons (Fsp3) is 0.385. The second-order valence-electron chi connectivity index (χ2n) is 9.38. The molecule has 164 valence electrons. The molecule has 2 bridgehead atoms. The van der Waals surface area contributed by atoms with Crippen molar-refractivity contribution in [2.45, 2.75) is 37.8 Å². The van der Waals surface area contributed by atoms with Crippen molar-refractivity contribution in [2.24, 2.45) is 5.92 Å². The van der Waals surface area contributed by atoms with Crippen LogP contribution in [0.3, 0.4) is 0 Å². The Bertz CT molecular complexity index is 1190. The SMILES string of the molecule is O=C(NC1CC1)c1cccc(-c2cccc3cc(C(=O)N[C@H]4CN5CCC4CC5)sc23)c1. The van der Waals surface area contributed by atoms with Gasteiger partial charge in [-0.15, -0.1) is 11.3 Å². The lowest BCUT2D eigenvalue weighted by Gasteiger charge is -2.44. The van der Waals surface area contributed by atoms with Crippen LogP contribution in [0.15, 0.2) is 48.5 Å². The van der Waals surface area contributed by atoms with Crippen molar-refractivity contribution in [3.8, 4) is 11.1 Å². The molecule has 2 N–H and O–H groups in total. The maximum absolute atomic E-state index is 13.1. The van der Waals surface area contributed by atoms with E-state index in [1.54, 1.807) is 11.3 Å². The Morgan fingerprint density at radius 2 is 1.72 bits per heavy atom. The summed E-state index contributed by atoms with van der Waals surface area (Å²) in [7, 11) is 0. The predicted octanol–water partition coefficient (Wildman–Crippen LogP) is 4.28. The molecule has 0 unspecified atom stereocenters. The molecule has 3 saturated heterocycles.